The number of carboxylic acids is 1. The minimum Gasteiger partial charge on any atom is -0.481 e. The van der Waals surface area contributed by atoms with E-state index in [4.69, 9.17) is 5.11 Å². The van der Waals surface area contributed by atoms with Crippen molar-refractivity contribution >= 4 is 5.97 Å². The van der Waals surface area contributed by atoms with Gasteiger partial charge in [0.1, 0.15) is 0 Å². The van der Waals surface area contributed by atoms with Gasteiger partial charge >= 0.3 is 5.97 Å². The van der Waals surface area contributed by atoms with Crippen LogP contribution in [0.3, 0.4) is 0 Å². The lowest BCUT2D eigenvalue weighted by molar-refractivity contribution is -0.142. The van der Waals surface area contributed by atoms with Crippen LogP contribution >= 0.6 is 0 Å². The highest BCUT2D eigenvalue weighted by molar-refractivity contribution is 5.70. The average molecular weight is 273 g/mol. The molecule has 1 atom stereocenters. The molecule has 3 rings (SSSR count). The molecule has 0 saturated heterocycles. The van der Waals surface area contributed by atoms with Crippen LogP contribution < -0.4 is 5.32 Å². The summed E-state index contributed by atoms with van der Waals surface area (Å²) in [6, 6.07) is 7.72. The molecule has 0 heterocycles. The van der Waals surface area contributed by atoms with Gasteiger partial charge in [0, 0.05) is 12.1 Å². The number of aryl methyl sites for hydroxylation is 2. The molecule has 20 heavy (non-hydrogen) atoms. The zero-order valence-corrected chi connectivity index (χ0v) is 12.1. The molecule has 1 aromatic rings. The molecule has 1 fully saturated rings. The number of aliphatic carboxylic acids is 1. The van der Waals surface area contributed by atoms with Crippen molar-refractivity contribution in [3.63, 3.8) is 0 Å². The normalized spacial score (nSPS) is 29.1. The molecule has 1 aromatic carbocycles. The Bertz CT molecular complexity index is 504. The third kappa shape index (κ3) is 2.73. The fourth-order valence-corrected chi connectivity index (χ4v) is 3.71. The molecule has 2 aliphatic rings. The first-order valence-corrected chi connectivity index (χ1v) is 7.72. The first kappa shape index (κ1) is 13.6. The number of hydrogen-bond donors (Lipinski definition) is 2. The summed E-state index contributed by atoms with van der Waals surface area (Å²) in [4.78, 5) is 11.0. The van der Waals surface area contributed by atoms with E-state index in [2.05, 4.69) is 30.4 Å². The van der Waals surface area contributed by atoms with Crippen LogP contribution in [0.1, 0.15) is 54.8 Å². The largest absolute Gasteiger partial charge is 0.481 e. The van der Waals surface area contributed by atoms with Crippen molar-refractivity contribution in [2.24, 2.45) is 5.92 Å². The molecule has 0 spiro atoms. The Morgan fingerprint density at radius 2 is 1.95 bits per heavy atom. The van der Waals surface area contributed by atoms with Gasteiger partial charge in [-0.3, -0.25) is 4.79 Å². The lowest BCUT2D eigenvalue weighted by atomic mass is 9.85. The van der Waals surface area contributed by atoms with E-state index in [1.165, 1.54) is 29.5 Å². The second kappa shape index (κ2) is 5.57. The Kier molecular flexibility index (Phi) is 3.79. The first-order chi connectivity index (χ1) is 9.63. The number of rotatable bonds is 3. The van der Waals surface area contributed by atoms with Gasteiger partial charge < -0.3 is 10.4 Å². The van der Waals surface area contributed by atoms with Crippen molar-refractivity contribution in [1.29, 1.82) is 0 Å². The lowest BCUT2D eigenvalue weighted by Gasteiger charge is -2.29. The predicted octanol–water partition coefficient (Wildman–Crippen LogP) is 3.22. The summed E-state index contributed by atoms with van der Waals surface area (Å²) in [7, 11) is 0. The number of carboxylic acid groups (broad SMARTS) is 1. The fraction of sp³-hybridized carbons (Fsp3) is 0.588. The third-order valence-corrected chi connectivity index (χ3v) is 4.89. The number of nitrogens with one attached hydrogen (secondary N) is 1. The van der Waals surface area contributed by atoms with Crippen LogP contribution in [0.4, 0.5) is 0 Å². The number of carbonyl (C=O) groups is 1. The van der Waals surface area contributed by atoms with Gasteiger partial charge in [0.25, 0.3) is 0 Å². The molecular weight excluding hydrogens is 250 g/mol. The van der Waals surface area contributed by atoms with E-state index < -0.39 is 5.97 Å². The Morgan fingerprint density at radius 3 is 2.65 bits per heavy atom. The summed E-state index contributed by atoms with van der Waals surface area (Å²) in [5.74, 6) is -0.739. The average Bonchev–Trinajstić information content (AvgIpc) is 2.81. The minimum atomic E-state index is -0.620. The summed E-state index contributed by atoms with van der Waals surface area (Å²) in [5, 5.41) is 12.8. The molecule has 2 N–H and O–H groups in total. The zero-order chi connectivity index (χ0) is 14.1. The maximum Gasteiger partial charge on any atom is 0.306 e. The highest BCUT2D eigenvalue weighted by atomic mass is 16.4. The Hall–Kier alpha value is -1.35. The van der Waals surface area contributed by atoms with Crippen molar-refractivity contribution in [3.05, 3.63) is 34.9 Å². The van der Waals surface area contributed by atoms with Crippen molar-refractivity contribution in [3.8, 4) is 0 Å². The van der Waals surface area contributed by atoms with Crippen molar-refractivity contribution in [2.75, 3.05) is 0 Å². The van der Waals surface area contributed by atoms with Crippen molar-refractivity contribution in [2.45, 2.75) is 57.5 Å². The molecule has 0 radical (unpaired) electrons. The first-order valence-electron chi connectivity index (χ1n) is 7.72. The molecule has 0 amide bonds. The maximum atomic E-state index is 11.0. The molecule has 108 valence electrons. The van der Waals surface area contributed by atoms with E-state index in [-0.39, 0.29) is 5.92 Å². The second-order valence-corrected chi connectivity index (χ2v) is 6.35. The standard InChI is InChI=1S/C17H23NO2/c1-11-2-8-15-13(10-11)5-9-16(15)18-14-6-3-12(4-7-14)17(19)20/h2,8,10,12,14,16,18H,3-7,9H2,1H3,(H,19,20). The Labute approximate surface area is 120 Å². The molecule has 1 unspecified atom stereocenters. The van der Waals surface area contributed by atoms with E-state index in [1.807, 2.05) is 0 Å². The zero-order valence-electron chi connectivity index (χ0n) is 12.1. The van der Waals surface area contributed by atoms with Crippen LogP contribution in [0.15, 0.2) is 18.2 Å². The number of fused-ring (bicyclic) bond motifs is 1. The van der Waals surface area contributed by atoms with Gasteiger partial charge in [0.05, 0.1) is 5.92 Å². The molecule has 1 saturated carbocycles. The quantitative estimate of drug-likeness (QED) is 0.889. The molecule has 3 nitrogen and oxygen atoms in total. The smallest absolute Gasteiger partial charge is 0.306 e. The highest BCUT2D eigenvalue weighted by Crippen LogP contribution is 2.34. The molecule has 2 aliphatic carbocycles. The van der Waals surface area contributed by atoms with Gasteiger partial charge in [-0.1, -0.05) is 23.8 Å². The van der Waals surface area contributed by atoms with Gasteiger partial charge in [-0.15, -0.1) is 0 Å². The SMILES string of the molecule is Cc1ccc2c(c1)CCC2NC1CCC(C(=O)O)CC1. The van der Waals surface area contributed by atoms with Crippen molar-refractivity contribution in [1.82, 2.24) is 5.32 Å². The van der Waals surface area contributed by atoms with Crippen LogP contribution in [0.25, 0.3) is 0 Å². The Morgan fingerprint density at radius 1 is 1.20 bits per heavy atom. The van der Waals surface area contributed by atoms with Gasteiger partial charge in [-0.05, 0) is 56.6 Å². The molecule has 0 aliphatic heterocycles. The monoisotopic (exact) mass is 273 g/mol. The lowest BCUT2D eigenvalue weighted by Crippen LogP contribution is -2.36. The second-order valence-electron chi connectivity index (χ2n) is 6.35. The van der Waals surface area contributed by atoms with Crippen molar-refractivity contribution < 1.29 is 9.90 Å². The van der Waals surface area contributed by atoms with E-state index in [1.54, 1.807) is 0 Å². The summed E-state index contributed by atoms with van der Waals surface area (Å²) in [5.41, 5.74) is 4.28. The summed E-state index contributed by atoms with van der Waals surface area (Å²) >= 11 is 0. The Balaban J connectivity index is 1.60. The fourth-order valence-electron chi connectivity index (χ4n) is 3.71. The van der Waals surface area contributed by atoms with Gasteiger partial charge in [0.15, 0.2) is 0 Å². The van der Waals surface area contributed by atoms with Gasteiger partial charge in [0.2, 0.25) is 0 Å². The van der Waals surface area contributed by atoms with Crippen LogP contribution in [-0.2, 0) is 11.2 Å². The molecular formula is C17H23NO2. The number of benzene rings is 1. The van der Waals surface area contributed by atoms with Crippen LogP contribution in [-0.4, -0.2) is 17.1 Å². The molecule has 0 bridgehead atoms. The molecule has 0 aromatic heterocycles. The van der Waals surface area contributed by atoms with Crippen LogP contribution in [0.2, 0.25) is 0 Å². The van der Waals surface area contributed by atoms with Crippen LogP contribution in [0, 0.1) is 12.8 Å². The van der Waals surface area contributed by atoms with Crippen LogP contribution in [0.5, 0.6) is 0 Å². The predicted molar refractivity (Wildman–Crippen MR) is 78.8 cm³/mol. The van der Waals surface area contributed by atoms with E-state index in [9.17, 15) is 4.79 Å². The highest BCUT2D eigenvalue weighted by Gasteiger charge is 2.29. The van der Waals surface area contributed by atoms with E-state index >= 15 is 0 Å². The van der Waals surface area contributed by atoms with Gasteiger partial charge in [-0.25, -0.2) is 0 Å². The van der Waals surface area contributed by atoms with E-state index in [0.29, 0.717) is 12.1 Å². The summed E-state index contributed by atoms with van der Waals surface area (Å²) < 4.78 is 0. The maximum absolute atomic E-state index is 11.0. The minimum absolute atomic E-state index is 0.119. The number of hydrogen-bond acceptors (Lipinski definition) is 2. The summed E-state index contributed by atoms with van der Waals surface area (Å²) in [6.45, 7) is 2.15. The van der Waals surface area contributed by atoms with E-state index in [0.717, 1.165) is 25.7 Å². The van der Waals surface area contributed by atoms with Gasteiger partial charge in [-0.2, -0.15) is 0 Å². The summed E-state index contributed by atoms with van der Waals surface area (Å²) in [6.07, 6.45) is 5.97. The third-order valence-electron chi connectivity index (χ3n) is 4.89. The molecule has 3 heteroatoms. The topological polar surface area (TPSA) is 49.3 Å².